The Balaban J connectivity index is 2.79. The van der Waals surface area contributed by atoms with E-state index in [0.717, 1.165) is 12.1 Å². The normalized spacial score (nSPS) is 12.4. The van der Waals surface area contributed by atoms with Crippen LogP contribution in [0.25, 0.3) is 0 Å². The molecule has 1 atom stereocenters. The van der Waals surface area contributed by atoms with Crippen LogP contribution in [0.15, 0.2) is 24.3 Å². The van der Waals surface area contributed by atoms with Crippen LogP contribution in [0.4, 0.5) is 4.39 Å². The third-order valence-corrected chi connectivity index (χ3v) is 2.21. The smallest absolute Gasteiger partial charge is 0.226 e. The van der Waals surface area contributed by atoms with E-state index in [1.54, 1.807) is 12.1 Å². The fourth-order valence-corrected chi connectivity index (χ4v) is 1.37. The molecule has 0 radical (unpaired) electrons. The van der Waals surface area contributed by atoms with E-state index in [1.807, 2.05) is 6.92 Å². The van der Waals surface area contributed by atoms with Crippen LogP contribution in [0.1, 0.15) is 18.4 Å². The quantitative estimate of drug-likeness (QED) is 0.762. The highest BCUT2D eigenvalue weighted by Gasteiger charge is 2.16. The maximum absolute atomic E-state index is 12.7. The molecule has 0 aliphatic rings. The molecule has 15 heavy (non-hydrogen) atoms. The van der Waals surface area contributed by atoms with Gasteiger partial charge in [-0.1, -0.05) is 19.1 Å². The second kappa shape index (κ2) is 5.46. The van der Waals surface area contributed by atoms with Crippen LogP contribution < -0.4 is 11.1 Å². The molecule has 0 saturated carbocycles. The molecule has 0 fully saturated rings. The van der Waals surface area contributed by atoms with Gasteiger partial charge in [-0.05, 0) is 24.2 Å². The average molecular weight is 210 g/mol. The minimum absolute atomic E-state index is 0.314. The number of hydrogen-bond donors (Lipinski definition) is 2. The second-order valence-corrected chi connectivity index (χ2v) is 3.31. The fourth-order valence-electron chi connectivity index (χ4n) is 1.37. The molecule has 4 heteroatoms. The Hall–Kier alpha value is -1.42. The molecule has 1 aromatic carbocycles. The standard InChI is InChI=1S/C11H15FN2O/c1-2-14-7-10(11(13)15)8-3-5-9(12)6-4-8/h3-6,10,14H,2,7H2,1H3,(H2,13,15). The van der Waals surface area contributed by atoms with E-state index < -0.39 is 11.8 Å². The highest BCUT2D eigenvalue weighted by Crippen LogP contribution is 2.15. The molecular weight excluding hydrogens is 195 g/mol. The molecule has 1 rings (SSSR count). The summed E-state index contributed by atoms with van der Waals surface area (Å²) >= 11 is 0. The number of nitrogens with two attached hydrogens (primary N) is 1. The Morgan fingerprint density at radius 2 is 2.07 bits per heavy atom. The summed E-state index contributed by atoms with van der Waals surface area (Å²) in [7, 11) is 0. The van der Waals surface area contributed by atoms with Gasteiger partial charge in [0, 0.05) is 6.54 Å². The topological polar surface area (TPSA) is 55.1 Å². The number of benzene rings is 1. The SMILES string of the molecule is CCNCC(C(N)=O)c1ccc(F)cc1. The predicted molar refractivity (Wildman–Crippen MR) is 56.9 cm³/mol. The van der Waals surface area contributed by atoms with Crippen molar-refractivity contribution in [1.82, 2.24) is 5.32 Å². The zero-order chi connectivity index (χ0) is 11.3. The summed E-state index contributed by atoms with van der Waals surface area (Å²) in [5.74, 6) is -1.11. The van der Waals surface area contributed by atoms with Gasteiger partial charge in [0.15, 0.2) is 0 Å². The van der Waals surface area contributed by atoms with Gasteiger partial charge >= 0.3 is 0 Å². The Kier molecular flexibility index (Phi) is 4.24. The number of nitrogens with one attached hydrogen (secondary N) is 1. The van der Waals surface area contributed by atoms with Crippen LogP contribution in [0.2, 0.25) is 0 Å². The van der Waals surface area contributed by atoms with Gasteiger partial charge in [0.05, 0.1) is 5.92 Å². The van der Waals surface area contributed by atoms with Crippen molar-refractivity contribution in [2.75, 3.05) is 13.1 Å². The fraction of sp³-hybridized carbons (Fsp3) is 0.364. The number of halogens is 1. The summed E-state index contributed by atoms with van der Waals surface area (Å²) in [5, 5.41) is 3.05. The van der Waals surface area contributed by atoms with Crippen molar-refractivity contribution in [3.05, 3.63) is 35.6 Å². The van der Waals surface area contributed by atoms with Gasteiger partial charge in [0.1, 0.15) is 5.82 Å². The summed E-state index contributed by atoms with van der Waals surface area (Å²) in [4.78, 5) is 11.2. The van der Waals surface area contributed by atoms with E-state index in [1.165, 1.54) is 12.1 Å². The highest BCUT2D eigenvalue weighted by molar-refractivity contribution is 5.82. The Morgan fingerprint density at radius 3 is 2.53 bits per heavy atom. The van der Waals surface area contributed by atoms with Gasteiger partial charge in [0.25, 0.3) is 0 Å². The molecule has 0 aromatic heterocycles. The lowest BCUT2D eigenvalue weighted by Crippen LogP contribution is -2.31. The van der Waals surface area contributed by atoms with Crippen LogP contribution in [0, 0.1) is 5.82 Å². The lowest BCUT2D eigenvalue weighted by molar-refractivity contribution is -0.119. The molecule has 0 saturated heterocycles. The minimum Gasteiger partial charge on any atom is -0.369 e. The number of hydrogen-bond acceptors (Lipinski definition) is 2. The van der Waals surface area contributed by atoms with E-state index in [9.17, 15) is 9.18 Å². The molecule has 1 aromatic rings. The number of carbonyl (C=O) groups is 1. The Morgan fingerprint density at radius 1 is 1.47 bits per heavy atom. The zero-order valence-corrected chi connectivity index (χ0v) is 8.66. The molecule has 0 bridgehead atoms. The first-order valence-corrected chi connectivity index (χ1v) is 4.90. The molecule has 3 N–H and O–H groups in total. The molecule has 0 aliphatic heterocycles. The molecule has 82 valence electrons. The van der Waals surface area contributed by atoms with E-state index in [4.69, 9.17) is 5.73 Å². The van der Waals surface area contributed by atoms with Crippen molar-refractivity contribution in [2.45, 2.75) is 12.8 Å². The predicted octanol–water partition coefficient (Wildman–Crippen LogP) is 1.00. The zero-order valence-electron chi connectivity index (χ0n) is 8.66. The third kappa shape index (κ3) is 3.32. The van der Waals surface area contributed by atoms with E-state index in [2.05, 4.69) is 5.32 Å². The third-order valence-electron chi connectivity index (χ3n) is 2.21. The molecule has 0 aliphatic carbocycles. The number of primary amides is 1. The first-order chi connectivity index (χ1) is 7.15. The second-order valence-electron chi connectivity index (χ2n) is 3.31. The first-order valence-electron chi connectivity index (χ1n) is 4.90. The maximum Gasteiger partial charge on any atom is 0.226 e. The summed E-state index contributed by atoms with van der Waals surface area (Å²) in [5.41, 5.74) is 6.02. The molecular formula is C11H15FN2O. The van der Waals surface area contributed by atoms with E-state index >= 15 is 0 Å². The molecule has 0 heterocycles. The van der Waals surface area contributed by atoms with Crippen LogP contribution in [-0.4, -0.2) is 19.0 Å². The minimum atomic E-state index is -0.400. The van der Waals surface area contributed by atoms with E-state index in [-0.39, 0.29) is 5.82 Å². The van der Waals surface area contributed by atoms with Gasteiger partial charge in [0.2, 0.25) is 5.91 Å². The molecule has 3 nitrogen and oxygen atoms in total. The van der Waals surface area contributed by atoms with Crippen LogP contribution >= 0.6 is 0 Å². The van der Waals surface area contributed by atoms with Crippen molar-refractivity contribution in [3.8, 4) is 0 Å². The van der Waals surface area contributed by atoms with Crippen molar-refractivity contribution in [2.24, 2.45) is 5.73 Å². The van der Waals surface area contributed by atoms with Gasteiger partial charge in [-0.2, -0.15) is 0 Å². The number of amides is 1. The summed E-state index contributed by atoms with van der Waals surface area (Å²) in [6, 6.07) is 5.83. The summed E-state index contributed by atoms with van der Waals surface area (Å²) in [6.45, 7) is 3.20. The summed E-state index contributed by atoms with van der Waals surface area (Å²) in [6.07, 6.45) is 0. The highest BCUT2D eigenvalue weighted by atomic mass is 19.1. The van der Waals surface area contributed by atoms with Gasteiger partial charge in [-0.3, -0.25) is 4.79 Å². The van der Waals surface area contributed by atoms with Gasteiger partial charge < -0.3 is 11.1 Å². The van der Waals surface area contributed by atoms with Crippen LogP contribution in [0.3, 0.4) is 0 Å². The van der Waals surface area contributed by atoms with Gasteiger partial charge in [-0.15, -0.1) is 0 Å². The molecule has 0 spiro atoms. The lowest BCUT2D eigenvalue weighted by Gasteiger charge is -2.13. The maximum atomic E-state index is 12.7. The van der Waals surface area contributed by atoms with Crippen molar-refractivity contribution in [3.63, 3.8) is 0 Å². The first kappa shape index (κ1) is 11.7. The van der Waals surface area contributed by atoms with Crippen molar-refractivity contribution >= 4 is 5.91 Å². The van der Waals surface area contributed by atoms with Crippen molar-refractivity contribution < 1.29 is 9.18 Å². The summed E-state index contributed by atoms with van der Waals surface area (Å²) < 4.78 is 12.7. The number of rotatable bonds is 5. The lowest BCUT2D eigenvalue weighted by atomic mass is 9.98. The van der Waals surface area contributed by atoms with Crippen LogP contribution in [0.5, 0.6) is 0 Å². The van der Waals surface area contributed by atoms with E-state index in [0.29, 0.717) is 6.54 Å². The number of carbonyl (C=O) groups excluding carboxylic acids is 1. The Labute approximate surface area is 88.5 Å². The van der Waals surface area contributed by atoms with Crippen molar-refractivity contribution in [1.29, 1.82) is 0 Å². The van der Waals surface area contributed by atoms with Crippen LogP contribution in [-0.2, 0) is 4.79 Å². The Bertz CT molecular complexity index is 324. The largest absolute Gasteiger partial charge is 0.369 e. The average Bonchev–Trinajstić information content (AvgIpc) is 2.21. The van der Waals surface area contributed by atoms with Gasteiger partial charge in [-0.25, -0.2) is 4.39 Å². The molecule has 1 amide bonds. The monoisotopic (exact) mass is 210 g/mol. The molecule has 1 unspecified atom stereocenters. The number of likely N-dealkylation sites (N-methyl/N-ethyl adjacent to an activating group) is 1.